The molecule has 0 aromatic heterocycles. The average Bonchev–Trinajstić information content (AvgIpc) is 3.06. The van der Waals surface area contributed by atoms with Crippen molar-refractivity contribution in [2.75, 3.05) is 24.7 Å². The standard InChI is InChI=1S/C39H42F4N2O6/c1-38(2,50-23-20-39(3,4)49-22-18-34(48)51-37-35(42)29(40)24-30(41)36(37)43)19-21-44-32(46)14-9-15-33(47)45-25-28-12-6-5-10-26(28)16-17-27-11-7-8-13-31(27)45/h5-8,10-13,24H,9,14-15,18-23,25H2,1-4H3,(H,44,46). The van der Waals surface area contributed by atoms with E-state index in [-0.39, 0.29) is 43.9 Å². The highest BCUT2D eigenvalue weighted by Gasteiger charge is 2.26. The summed E-state index contributed by atoms with van der Waals surface area (Å²) in [6, 6.07) is 15.3. The van der Waals surface area contributed by atoms with Crippen LogP contribution < -0.4 is 15.0 Å². The van der Waals surface area contributed by atoms with E-state index in [0.29, 0.717) is 32.4 Å². The molecule has 0 atom stereocenters. The molecule has 0 saturated heterocycles. The lowest BCUT2D eigenvalue weighted by Crippen LogP contribution is -2.35. The van der Waals surface area contributed by atoms with E-state index in [1.807, 2.05) is 62.4 Å². The zero-order valence-corrected chi connectivity index (χ0v) is 29.2. The Bertz CT molecular complexity index is 1770. The van der Waals surface area contributed by atoms with Gasteiger partial charge in [-0.15, -0.1) is 0 Å². The van der Waals surface area contributed by atoms with Crippen molar-refractivity contribution < 1.29 is 46.2 Å². The lowest BCUT2D eigenvalue weighted by molar-refractivity contribution is -0.138. The normalized spacial score (nSPS) is 12.5. The van der Waals surface area contributed by atoms with Crippen LogP contribution in [0.4, 0.5) is 23.2 Å². The first-order chi connectivity index (χ1) is 24.2. The lowest BCUT2D eigenvalue weighted by atomic mass is 10.0. The van der Waals surface area contributed by atoms with Gasteiger partial charge in [0.05, 0.1) is 43.1 Å². The summed E-state index contributed by atoms with van der Waals surface area (Å²) in [5.74, 6) is -3.39. The topological polar surface area (TPSA) is 94.2 Å². The van der Waals surface area contributed by atoms with E-state index in [9.17, 15) is 31.9 Å². The summed E-state index contributed by atoms with van der Waals surface area (Å²) in [5.41, 5.74) is 2.03. The molecule has 0 spiro atoms. The van der Waals surface area contributed by atoms with Gasteiger partial charge in [-0.2, -0.15) is 8.78 Å². The number of carbonyl (C=O) groups is 3. The number of carbonyl (C=O) groups excluding carboxylic acids is 3. The van der Waals surface area contributed by atoms with Gasteiger partial charge in [0.15, 0.2) is 11.6 Å². The molecule has 3 aromatic carbocycles. The second-order valence-electron chi connectivity index (χ2n) is 13.3. The van der Waals surface area contributed by atoms with Crippen LogP contribution in [0.25, 0.3) is 0 Å². The van der Waals surface area contributed by atoms with Gasteiger partial charge in [-0.05, 0) is 70.7 Å². The zero-order chi connectivity index (χ0) is 37.2. The molecule has 4 rings (SSSR count). The number of nitrogens with zero attached hydrogens (tertiary/aromatic N) is 1. The first kappa shape index (κ1) is 39.1. The van der Waals surface area contributed by atoms with Crippen LogP contribution in [-0.2, 0) is 30.4 Å². The lowest BCUT2D eigenvalue weighted by Gasteiger charge is -2.30. The van der Waals surface area contributed by atoms with Gasteiger partial charge in [-0.1, -0.05) is 42.2 Å². The van der Waals surface area contributed by atoms with Crippen molar-refractivity contribution in [3.63, 3.8) is 0 Å². The number of hydrogen-bond donors (Lipinski definition) is 1. The van der Waals surface area contributed by atoms with Crippen molar-refractivity contribution in [1.29, 1.82) is 0 Å². The molecular weight excluding hydrogens is 668 g/mol. The Kier molecular flexibility index (Phi) is 13.4. The van der Waals surface area contributed by atoms with Gasteiger partial charge in [0.1, 0.15) is 0 Å². The maximum Gasteiger partial charge on any atom is 0.313 e. The van der Waals surface area contributed by atoms with Crippen LogP contribution in [-0.4, -0.2) is 48.7 Å². The van der Waals surface area contributed by atoms with E-state index < -0.39 is 52.6 Å². The Morgan fingerprint density at radius 3 is 2.12 bits per heavy atom. The number of rotatable bonds is 16. The number of para-hydroxylation sites is 1. The molecule has 0 bridgehead atoms. The fourth-order valence-corrected chi connectivity index (χ4v) is 5.27. The van der Waals surface area contributed by atoms with Crippen molar-refractivity contribution in [3.05, 3.63) is 94.6 Å². The van der Waals surface area contributed by atoms with E-state index in [2.05, 4.69) is 21.9 Å². The van der Waals surface area contributed by atoms with Gasteiger partial charge in [0.25, 0.3) is 0 Å². The average molecular weight is 711 g/mol. The Hall–Kier alpha value is -4.73. The monoisotopic (exact) mass is 710 g/mol. The number of halogens is 4. The minimum atomic E-state index is -1.80. The molecule has 0 fully saturated rings. The minimum absolute atomic E-state index is 0.0212. The second kappa shape index (κ2) is 17.5. The summed E-state index contributed by atoms with van der Waals surface area (Å²) in [6.07, 6.45) is 1.31. The minimum Gasteiger partial charge on any atom is -0.420 e. The zero-order valence-electron chi connectivity index (χ0n) is 29.2. The van der Waals surface area contributed by atoms with Gasteiger partial charge in [0.2, 0.25) is 29.2 Å². The van der Waals surface area contributed by atoms with Crippen molar-refractivity contribution >= 4 is 23.5 Å². The molecule has 1 N–H and O–H groups in total. The number of nitrogens with one attached hydrogen (secondary N) is 1. The van der Waals surface area contributed by atoms with Crippen molar-refractivity contribution in [1.82, 2.24) is 5.32 Å². The van der Waals surface area contributed by atoms with Crippen LogP contribution in [0.2, 0.25) is 0 Å². The Labute approximate surface area is 295 Å². The SMILES string of the molecule is CC(C)(CCNC(=O)CCCC(=O)N1Cc2ccccc2C#Cc2ccccc21)OCCC(C)(C)OCCC(=O)Oc1c(F)c(F)cc(F)c1F. The van der Waals surface area contributed by atoms with Crippen molar-refractivity contribution in [2.24, 2.45) is 0 Å². The van der Waals surface area contributed by atoms with E-state index in [0.717, 1.165) is 22.4 Å². The predicted octanol–water partition coefficient (Wildman–Crippen LogP) is 7.14. The quantitative estimate of drug-likeness (QED) is 0.0559. The molecule has 12 heteroatoms. The molecule has 2 amide bonds. The fourth-order valence-electron chi connectivity index (χ4n) is 5.27. The van der Waals surface area contributed by atoms with E-state index in [1.54, 1.807) is 18.7 Å². The van der Waals surface area contributed by atoms with Crippen LogP contribution in [0.1, 0.15) is 82.9 Å². The van der Waals surface area contributed by atoms with Gasteiger partial charge in [-0.3, -0.25) is 14.4 Å². The number of amides is 2. The number of fused-ring (bicyclic) bond motifs is 2. The summed E-state index contributed by atoms with van der Waals surface area (Å²) in [5, 5.41) is 2.90. The molecule has 272 valence electrons. The largest absolute Gasteiger partial charge is 0.420 e. The molecule has 8 nitrogen and oxygen atoms in total. The van der Waals surface area contributed by atoms with Gasteiger partial charge in [-0.25, -0.2) is 8.78 Å². The molecule has 0 saturated carbocycles. The molecule has 51 heavy (non-hydrogen) atoms. The van der Waals surface area contributed by atoms with Crippen LogP contribution in [0.15, 0.2) is 54.6 Å². The molecule has 3 aromatic rings. The smallest absolute Gasteiger partial charge is 0.313 e. The summed E-state index contributed by atoms with van der Waals surface area (Å²) in [6.45, 7) is 8.18. The third-order valence-corrected chi connectivity index (χ3v) is 8.30. The van der Waals surface area contributed by atoms with E-state index >= 15 is 0 Å². The maximum atomic E-state index is 13.8. The summed E-state index contributed by atoms with van der Waals surface area (Å²) in [7, 11) is 0. The molecule has 1 aliphatic heterocycles. The second-order valence-corrected chi connectivity index (χ2v) is 13.3. The number of esters is 1. The number of ether oxygens (including phenoxy) is 3. The molecule has 1 aliphatic rings. The van der Waals surface area contributed by atoms with Crippen molar-refractivity contribution in [3.8, 4) is 17.6 Å². The van der Waals surface area contributed by atoms with Crippen LogP contribution in [0, 0.1) is 35.1 Å². The summed E-state index contributed by atoms with van der Waals surface area (Å²) < 4.78 is 70.4. The van der Waals surface area contributed by atoms with E-state index in [1.165, 1.54) is 0 Å². The first-order valence-corrected chi connectivity index (χ1v) is 16.7. The number of hydrogen-bond acceptors (Lipinski definition) is 6. The van der Waals surface area contributed by atoms with Crippen molar-refractivity contribution in [2.45, 2.75) is 84.0 Å². The van der Waals surface area contributed by atoms with Crippen LogP contribution >= 0.6 is 0 Å². The Morgan fingerprint density at radius 1 is 0.784 bits per heavy atom. The molecule has 1 heterocycles. The highest BCUT2D eigenvalue weighted by Crippen LogP contribution is 2.28. The Morgan fingerprint density at radius 2 is 1.39 bits per heavy atom. The highest BCUT2D eigenvalue weighted by molar-refractivity contribution is 5.95. The van der Waals surface area contributed by atoms with Gasteiger partial charge >= 0.3 is 5.97 Å². The number of benzene rings is 3. The van der Waals surface area contributed by atoms with Gasteiger partial charge in [0, 0.05) is 36.6 Å². The third-order valence-electron chi connectivity index (χ3n) is 8.30. The molecule has 0 aliphatic carbocycles. The maximum absolute atomic E-state index is 13.8. The third kappa shape index (κ3) is 11.4. The molecule has 0 radical (unpaired) electrons. The predicted molar refractivity (Wildman–Crippen MR) is 183 cm³/mol. The molecular formula is C39H42F4N2O6. The first-order valence-electron chi connectivity index (χ1n) is 16.7. The van der Waals surface area contributed by atoms with Crippen LogP contribution in [0.3, 0.4) is 0 Å². The summed E-state index contributed by atoms with van der Waals surface area (Å²) in [4.78, 5) is 39.7. The highest BCUT2D eigenvalue weighted by atomic mass is 19.2. The Balaban J connectivity index is 1.13. The fraction of sp³-hybridized carbons (Fsp3) is 0.410. The number of anilines is 1. The summed E-state index contributed by atoms with van der Waals surface area (Å²) >= 11 is 0. The van der Waals surface area contributed by atoms with E-state index in [4.69, 9.17) is 9.47 Å². The molecule has 0 unspecified atom stereocenters. The van der Waals surface area contributed by atoms with Gasteiger partial charge < -0.3 is 24.4 Å². The van der Waals surface area contributed by atoms with Crippen LogP contribution in [0.5, 0.6) is 5.75 Å².